The molecule has 0 spiro atoms. The number of anilines is 1. The van der Waals surface area contributed by atoms with Crippen molar-refractivity contribution in [2.45, 2.75) is 47.1 Å². The second-order valence-corrected chi connectivity index (χ2v) is 9.74. The standard InChI is InChI=1S/C23H33NOSi/c1-8-24(9-2)20-11-10-12-21(22(20)25-23(5,6)7)26-19-15-13-18(14-16-19)17(3)4/h10-16H,3,8-9,26H2,1-2,4-7H3. The third-order valence-corrected chi connectivity index (χ3v) is 6.25. The molecule has 0 saturated carbocycles. The Hall–Kier alpha value is -2.00. The number of nitrogens with zero attached hydrogens (tertiary/aromatic N) is 1. The highest BCUT2D eigenvalue weighted by Gasteiger charge is 2.20. The molecule has 0 aliphatic carbocycles. The molecule has 140 valence electrons. The van der Waals surface area contributed by atoms with Gasteiger partial charge < -0.3 is 9.64 Å². The quantitative estimate of drug-likeness (QED) is 0.689. The van der Waals surface area contributed by atoms with Gasteiger partial charge in [0.25, 0.3) is 0 Å². The van der Waals surface area contributed by atoms with Crippen LogP contribution in [0.3, 0.4) is 0 Å². The minimum absolute atomic E-state index is 0.212. The van der Waals surface area contributed by atoms with Crippen molar-refractivity contribution in [2.24, 2.45) is 0 Å². The van der Waals surface area contributed by atoms with E-state index in [1.54, 1.807) is 0 Å². The van der Waals surface area contributed by atoms with Gasteiger partial charge in [0, 0.05) is 13.1 Å². The summed E-state index contributed by atoms with van der Waals surface area (Å²) >= 11 is 0. The van der Waals surface area contributed by atoms with E-state index in [0.29, 0.717) is 0 Å². The molecule has 3 heteroatoms. The molecule has 2 aromatic carbocycles. The molecule has 0 saturated heterocycles. The van der Waals surface area contributed by atoms with Gasteiger partial charge in [-0.2, -0.15) is 0 Å². The average molecular weight is 368 g/mol. The fourth-order valence-electron chi connectivity index (χ4n) is 3.07. The maximum Gasteiger partial charge on any atom is 0.142 e. The molecule has 0 aliphatic heterocycles. The number of hydrogen-bond acceptors (Lipinski definition) is 2. The molecular formula is C23H33NOSi. The van der Waals surface area contributed by atoms with Crippen LogP contribution in [0, 0.1) is 0 Å². The molecule has 2 nitrogen and oxygen atoms in total. The van der Waals surface area contributed by atoms with Crippen LogP contribution in [-0.2, 0) is 0 Å². The molecule has 2 aromatic rings. The van der Waals surface area contributed by atoms with E-state index < -0.39 is 9.52 Å². The van der Waals surface area contributed by atoms with E-state index in [4.69, 9.17) is 4.74 Å². The van der Waals surface area contributed by atoms with Crippen molar-refractivity contribution >= 4 is 31.2 Å². The molecule has 26 heavy (non-hydrogen) atoms. The van der Waals surface area contributed by atoms with E-state index in [1.807, 2.05) is 0 Å². The van der Waals surface area contributed by atoms with E-state index in [9.17, 15) is 0 Å². The first kappa shape index (κ1) is 20.3. The van der Waals surface area contributed by atoms with E-state index in [2.05, 4.69) is 95.5 Å². The molecule has 0 N–H and O–H groups in total. The highest BCUT2D eigenvalue weighted by molar-refractivity contribution is 6.68. The normalized spacial score (nSPS) is 11.8. The van der Waals surface area contributed by atoms with Gasteiger partial charge in [-0.3, -0.25) is 0 Å². The molecule has 0 heterocycles. The molecule has 0 radical (unpaired) electrons. The van der Waals surface area contributed by atoms with Gasteiger partial charge in [-0.25, -0.2) is 0 Å². The Morgan fingerprint density at radius 2 is 1.65 bits per heavy atom. The van der Waals surface area contributed by atoms with Crippen molar-refractivity contribution in [3.05, 3.63) is 54.6 Å². The van der Waals surface area contributed by atoms with Gasteiger partial charge in [0.05, 0.1) is 15.2 Å². The van der Waals surface area contributed by atoms with Gasteiger partial charge in [-0.15, -0.1) is 0 Å². The summed E-state index contributed by atoms with van der Waals surface area (Å²) in [6.45, 7) is 18.8. The summed E-state index contributed by atoms with van der Waals surface area (Å²) in [5, 5.41) is 2.79. The highest BCUT2D eigenvalue weighted by Crippen LogP contribution is 2.29. The van der Waals surface area contributed by atoms with Gasteiger partial charge in [-0.1, -0.05) is 53.7 Å². The molecule has 0 aliphatic rings. The Bertz CT molecular complexity index is 740. The van der Waals surface area contributed by atoms with E-state index >= 15 is 0 Å². The second-order valence-electron chi connectivity index (χ2n) is 7.81. The van der Waals surface area contributed by atoms with Crippen LogP contribution in [0.5, 0.6) is 5.75 Å². The van der Waals surface area contributed by atoms with Crippen LogP contribution >= 0.6 is 0 Å². The minimum Gasteiger partial charge on any atom is -0.486 e. The summed E-state index contributed by atoms with van der Waals surface area (Å²) < 4.78 is 6.46. The molecule has 0 unspecified atom stereocenters. The van der Waals surface area contributed by atoms with Gasteiger partial charge in [-0.05, 0) is 58.4 Å². The maximum atomic E-state index is 6.46. The Kier molecular flexibility index (Phi) is 6.71. The molecule has 0 bridgehead atoms. The minimum atomic E-state index is -0.623. The molecule has 0 aromatic heterocycles. The summed E-state index contributed by atoms with van der Waals surface area (Å²) in [7, 11) is -0.623. The molecular weight excluding hydrogens is 334 g/mol. The van der Waals surface area contributed by atoms with Crippen LogP contribution in [0.4, 0.5) is 5.69 Å². The first-order valence-corrected chi connectivity index (χ1v) is 11.0. The number of benzene rings is 2. The molecule has 0 amide bonds. The zero-order valence-corrected chi connectivity index (χ0v) is 18.6. The van der Waals surface area contributed by atoms with Crippen LogP contribution in [-0.4, -0.2) is 28.2 Å². The maximum absolute atomic E-state index is 6.46. The first-order valence-electron chi connectivity index (χ1n) is 9.55. The van der Waals surface area contributed by atoms with Crippen LogP contribution in [0.1, 0.15) is 47.1 Å². The second kappa shape index (κ2) is 8.59. The Balaban J connectivity index is 2.43. The lowest BCUT2D eigenvalue weighted by molar-refractivity contribution is 0.133. The lowest BCUT2D eigenvalue weighted by atomic mass is 10.1. The van der Waals surface area contributed by atoms with Crippen LogP contribution in [0.15, 0.2) is 49.0 Å². The predicted octanol–water partition coefficient (Wildman–Crippen LogP) is 3.86. The van der Waals surface area contributed by atoms with E-state index in [1.165, 1.54) is 21.6 Å². The largest absolute Gasteiger partial charge is 0.486 e. The van der Waals surface area contributed by atoms with Gasteiger partial charge >= 0.3 is 0 Å². The van der Waals surface area contributed by atoms with Crippen LogP contribution in [0.25, 0.3) is 5.57 Å². The summed E-state index contributed by atoms with van der Waals surface area (Å²) in [4.78, 5) is 2.38. The summed E-state index contributed by atoms with van der Waals surface area (Å²) in [6.07, 6.45) is 0. The first-order chi connectivity index (χ1) is 12.2. The van der Waals surface area contributed by atoms with Crippen molar-refractivity contribution in [3.63, 3.8) is 0 Å². The summed E-state index contributed by atoms with van der Waals surface area (Å²) in [6, 6.07) is 15.5. The fourth-order valence-corrected chi connectivity index (χ4v) is 4.65. The highest BCUT2D eigenvalue weighted by atomic mass is 28.2. The lowest BCUT2D eigenvalue weighted by Crippen LogP contribution is -2.35. The average Bonchev–Trinajstić information content (AvgIpc) is 2.58. The third-order valence-electron chi connectivity index (χ3n) is 4.43. The smallest absolute Gasteiger partial charge is 0.142 e. The Labute approximate surface area is 161 Å². The molecule has 0 fully saturated rings. The summed E-state index contributed by atoms with van der Waals surface area (Å²) in [5.41, 5.74) is 3.33. The van der Waals surface area contributed by atoms with Crippen LogP contribution in [0.2, 0.25) is 0 Å². The number of allylic oxidation sites excluding steroid dienone is 1. The van der Waals surface area contributed by atoms with E-state index in [0.717, 1.165) is 24.4 Å². The zero-order valence-electron chi connectivity index (χ0n) is 17.2. The van der Waals surface area contributed by atoms with Gasteiger partial charge in [0.2, 0.25) is 0 Å². The monoisotopic (exact) mass is 367 g/mol. The number of para-hydroxylation sites is 1. The number of rotatable bonds is 7. The number of hydrogen-bond donors (Lipinski definition) is 0. The Morgan fingerprint density at radius 3 is 2.15 bits per heavy atom. The fraction of sp³-hybridized carbons (Fsp3) is 0.391. The molecule has 0 atom stereocenters. The zero-order chi connectivity index (χ0) is 19.3. The topological polar surface area (TPSA) is 12.5 Å². The van der Waals surface area contributed by atoms with Crippen molar-refractivity contribution in [2.75, 3.05) is 18.0 Å². The van der Waals surface area contributed by atoms with Crippen molar-refractivity contribution in [3.8, 4) is 5.75 Å². The van der Waals surface area contributed by atoms with Crippen molar-refractivity contribution in [1.29, 1.82) is 0 Å². The Morgan fingerprint density at radius 1 is 1.04 bits per heavy atom. The predicted molar refractivity (Wildman–Crippen MR) is 119 cm³/mol. The van der Waals surface area contributed by atoms with Gasteiger partial charge in [0.1, 0.15) is 11.4 Å². The van der Waals surface area contributed by atoms with Crippen LogP contribution < -0.4 is 20.0 Å². The number of ether oxygens (including phenoxy) is 1. The SMILES string of the molecule is C=C(C)c1ccc([SiH2]c2cccc(N(CC)CC)c2OC(C)(C)C)cc1. The van der Waals surface area contributed by atoms with Gasteiger partial charge in [0.15, 0.2) is 0 Å². The third kappa shape index (κ3) is 5.25. The molecule has 2 rings (SSSR count). The summed E-state index contributed by atoms with van der Waals surface area (Å²) in [5.74, 6) is 1.07. The van der Waals surface area contributed by atoms with Crippen molar-refractivity contribution < 1.29 is 4.74 Å². The lowest BCUT2D eigenvalue weighted by Gasteiger charge is -2.30. The van der Waals surface area contributed by atoms with Crippen molar-refractivity contribution in [1.82, 2.24) is 0 Å². The van der Waals surface area contributed by atoms with E-state index in [-0.39, 0.29) is 5.60 Å².